The van der Waals surface area contributed by atoms with Gasteiger partial charge in [-0.15, -0.1) is 0 Å². The van der Waals surface area contributed by atoms with Gasteiger partial charge in [0.1, 0.15) is 17.1 Å². The minimum atomic E-state index is -3.70. The Hall–Kier alpha value is -2.47. The number of sulfonamides is 1. The number of nitrogens with one attached hydrogen (secondary N) is 1. The van der Waals surface area contributed by atoms with Gasteiger partial charge in [0.25, 0.3) is 10.0 Å². The number of aryl methyl sites for hydroxylation is 2. The van der Waals surface area contributed by atoms with E-state index in [-0.39, 0.29) is 10.3 Å². The summed E-state index contributed by atoms with van der Waals surface area (Å²) >= 11 is 0. The molecule has 0 fully saturated rings. The highest BCUT2D eigenvalue weighted by molar-refractivity contribution is 7.92. The van der Waals surface area contributed by atoms with Gasteiger partial charge in [-0.1, -0.05) is 20.8 Å². The molecule has 1 heterocycles. The molecule has 0 unspecified atom stereocenters. The normalized spacial score (nSPS) is 17.0. The molecule has 160 valence electrons. The molecule has 30 heavy (non-hydrogen) atoms. The van der Waals surface area contributed by atoms with E-state index in [0.29, 0.717) is 17.4 Å². The van der Waals surface area contributed by atoms with Crippen molar-refractivity contribution in [1.29, 1.82) is 0 Å². The Labute approximate surface area is 178 Å². The summed E-state index contributed by atoms with van der Waals surface area (Å²) in [6, 6.07) is 10.2. The summed E-state index contributed by atoms with van der Waals surface area (Å²) in [5.74, 6) is 2.23. The number of hydrogen-bond acceptors (Lipinski definition) is 4. The fourth-order valence-corrected chi connectivity index (χ4v) is 5.36. The van der Waals surface area contributed by atoms with Crippen molar-refractivity contribution in [2.24, 2.45) is 11.3 Å². The van der Waals surface area contributed by atoms with Crippen LogP contribution < -0.4 is 9.46 Å². The van der Waals surface area contributed by atoms with Crippen molar-refractivity contribution in [3.05, 3.63) is 53.3 Å². The lowest BCUT2D eigenvalue weighted by atomic mass is 9.71. The second-order valence-corrected chi connectivity index (χ2v) is 10.9. The lowest BCUT2D eigenvalue weighted by Crippen LogP contribution is -2.26. The Morgan fingerprint density at radius 1 is 1.13 bits per heavy atom. The van der Waals surface area contributed by atoms with Crippen LogP contribution in [0.5, 0.6) is 5.75 Å². The topological polar surface area (TPSA) is 68.5 Å². The van der Waals surface area contributed by atoms with Crippen LogP contribution in [0.4, 0.5) is 5.69 Å². The zero-order chi connectivity index (χ0) is 21.7. The lowest BCUT2D eigenvalue weighted by Gasteiger charge is -2.33. The first-order valence-corrected chi connectivity index (χ1v) is 11.8. The first-order chi connectivity index (χ1) is 14.1. The zero-order valence-electron chi connectivity index (χ0n) is 18.2. The van der Waals surface area contributed by atoms with Gasteiger partial charge in [0.15, 0.2) is 0 Å². The molecular formula is C24H29NO4S. The lowest BCUT2D eigenvalue weighted by molar-refractivity contribution is 0.210. The molecule has 0 bridgehead atoms. The van der Waals surface area contributed by atoms with Crippen LogP contribution in [0, 0.1) is 18.3 Å². The number of anilines is 1. The number of fused-ring (bicyclic) bond motifs is 3. The molecule has 0 saturated heterocycles. The molecule has 0 amide bonds. The van der Waals surface area contributed by atoms with Gasteiger partial charge in [0.2, 0.25) is 0 Å². The summed E-state index contributed by atoms with van der Waals surface area (Å²) in [6.07, 6.45) is 3.00. The van der Waals surface area contributed by atoms with Crippen LogP contribution >= 0.6 is 0 Å². The van der Waals surface area contributed by atoms with E-state index in [1.54, 1.807) is 31.4 Å². The van der Waals surface area contributed by atoms with E-state index < -0.39 is 10.0 Å². The summed E-state index contributed by atoms with van der Waals surface area (Å²) in [5, 5.41) is 1.01. The van der Waals surface area contributed by atoms with Crippen molar-refractivity contribution in [3.8, 4) is 5.75 Å². The van der Waals surface area contributed by atoms with Gasteiger partial charge in [-0.3, -0.25) is 4.72 Å². The number of hydrogen-bond donors (Lipinski definition) is 1. The third-order valence-corrected chi connectivity index (χ3v) is 7.61. The smallest absolute Gasteiger partial charge is 0.261 e. The van der Waals surface area contributed by atoms with Crippen molar-refractivity contribution in [2.75, 3.05) is 11.8 Å². The van der Waals surface area contributed by atoms with Gasteiger partial charge in [-0.05, 0) is 73.1 Å². The molecule has 0 saturated carbocycles. The SMILES string of the molecule is COc1ccc(S(=O)(=O)Nc2cc3c4c(oc3cc2C)CC[C@H](C(C)(C)C)C4)cc1. The van der Waals surface area contributed by atoms with E-state index in [4.69, 9.17) is 9.15 Å². The van der Waals surface area contributed by atoms with Gasteiger partial charge >= 0.3 is 0 Å². The second-order valence-electron chi connectivity index (χ2n) is 9.25. The molecule has 4 rings (SSSR count). The standard InChI is InChI=1S/C24H29NO4S/c1-15-12-23-20(19-13-16(24(2,3)4)6-11-22(19)29-23)14-21(15)25-30(26,27)18-9-7-17(28-5)8-10-18/h7-10,12,14,16,25H,6,11,13H2,1-5H3/t16-/m0/s1. The van der Waals surface area contributed by atoms with Crippen molar-refractivity contribution >= 4 is 26.7 Å². The van der Waals surface area contributed by atoms with Crippen LogP contribution in [0.2, 0.25) is 0 Å². The predicted molar refractivity (Wildman–Crippen MR) is 120 cm³/mol. The van der Waals surface area contributed by atoms with Crippen molar-refractivity contribution in [1.82, 2.24) is 0 Å². The Morgan fingerprint density at radius 3 is 2.47 bits per heavy atom. The molecule has 1 aliphatic rings. The molecule has 5 nitrogen and oxygen atoms in total. The molecule has 2 aromatic carbocycles. The highest BCUT2D eigenvalue weighted by atomic mass is 32.2. The highest BCUT2D eigenvalue weighted by Crippen LogP contribution is 2.42. The Balaban J connectivity index is 1.70. The van der Waals surface area contributed by atoms with Gasteiger partial charge in [0.05, 0.1) is 17.7 Å². The van der Waals surface area contributed by atoms with E-state index in [9.17, 15) is 8.42 Å². The summed E-state index contributed by atoms with van der Waals surface area (Å²) in [7, 11) is -2.15. The molecule has 0 spiro atoms. The average molecular weight is 428 g/mol. The van der Waals surface area contributed by atoms with E-state index in [1.165, 1.54) is 5.56 Å². The first kappa shape index (κ1) is 20.8. The van der Waals surface area contributed by atoms with Crippen LogP contribution in [0.1, 0.15) is 44.1 Å². The fourth-order valence-electron chi connectivity index (χ4n) is 4.23. The Kier molecular flexibility index (Phi) is 5.09. The molecule has 0 radical (unpaired) electrons. The third-order valence-electron chi connectivity index (χ3n) is 6.23. The summed E-state index contributed by atoms with van der Waals surface area (Å²) in [6.45, 7) is 8.74. The van der Waals surface area contributed by atoms with E-state index in [2.05, 4.69) is 25.5 Å². The number of methoxy groups -OCH3 is 1. The predicted octanol–water partition coefficient (Wildman–Crippen LogP) is 5.70. The number of rotatable bonds is 4. The molecular weight excluding hydrogens is 398 g/mol. The number of furan rings is 1. The quantitative estimate of drug-likeness (QED) is 0.580. The maximum Gasteiger partial charge on any atom is 0.261 e. The van der Waals surface area contributed by atoms with Crippen molar-refractivity contribution in [2.45, 2.75) is 51.9 Å². The molecule has 1 N–H and O–H groups in total. The molecule has 1 aromatic heterocycles. The maximum atomic E-state index is 12.9. The van der Waals surface area contributed by atoms with E-state index >= 15 is 0 Å². The first-order valence-electron chi connectivity index (χ1n) is 10.3. The maximum absolute atomic E-state index is 12.9. The van der Waals surface area contributed by atoms with Crippen LogP contribution in [0.15, 0.2) is 45.7 Å². The molecule has 0 aliphatic heterocycles. The highest BCUT2D eigenvalue weighted by Gasteiger charge is 2.32. The second kappa shape index (κ2) is 7.34. The average Bonchev–Trinajstić information content (AvgIpc) is 3.04. The minimum absolute atomic E-state index is 0.199. The number of ether oxygens (including phenoxy) is 1. The Morgan fingerprint density at radius 2 is 1.83 bits per heavy atom. The fraction of sp³-hybridized carbons (Fsp3) is 0.417. The van der Waals surface area contributed by atoms with Crippen molar-refractivity contribution < 1.29 is 17.6 Å². The zero-order valence-corrected chi connectivity index (χ0v) is 19.0. The van der Waals surface area contributed by atoms with Gasteiger partial charge in [0, 0.05) is 17.4 Å². The van der Waals surface area contributed by atoms with Crippen LogP contribution in [0.25, 0.3) is 11.0 Å². The summed E-state index contributed by atoms with van der Waals surface area (Å²) in [5.41, 5.74) is 3.70. The molecule has 1 aliphatic carbocycles. The third kappa shape index (κ3) is 3.81. The van der Waals surface area contributed by atoms with Crippen LogP contribution in [-0.2, 0) is 22.9 Å². The van der Waals surface area contributed by atoms with Gasteiger partial charge in [-0.25, -0.2) is 8.42 Å². The monoisotopic (exact) mass is 427 g/mol. The minimum Gasteiger partial charge on any atom is -0.497 e. The van der Waals surface area contributed by atoms with E-state index in [1.807, 2.05) is 19.1 Å². The summed E-state index contributed by atoms with van der Waals surface area (Å²) < 4.78 is 39.9. The molecule has 1 atom stereocenters. The number of benzene rings is 2. The van der Waals surface area contributed by atoms with Gasteiger partial charge in [-0.2, -0.15) is 0 Å². The van der Waals surface area contributed by atoms with Crippen LogP contribution in [0.3, 0.4) is 0 Å². The molecule has 6 heteroatoms. The molecule has 3 aromatic rings. The van der Waals surface area contributed by atoms with Gasteiger partial charge < -0.3 is 9.15 Å². The van der Waals surface area contributed by atoms with E-state index in [0.717, 1.165) is 41.6 Å². The van der Waals surface area contributed by atoms with Crippen molar-refractivity contribution in [3.63, 3.8) is 0 Å². The Bertz CT molecular complexity index is 1180. The van der Waals surface area contributed by atoms with Crippen LogP contribution in [-0.4, -0.2) is 15.5 Å². The largest absolute Gasteiger partial charge is 0.497 e. The summed E-state index contributed by atoms with van der Waals surface area (Å²) in [4.78, 5) is 0.199.